The summed E-state index contributed by atoms with van der Waals surface area (Å²) in [4.78, 5) is 25.8. The molecule has 2 rings (SSSR count). The Labute approximate surface area is 114 Å². The fraction of sp³-hybridized carbons (Fsp3) is 0.857. The van der Waals surface area contributed by atoms with Gasteiger partial charge in [-0.1, -0.05) is 13.3 Å². The molecule has 3 unspecified atom stereocenters. The van der Waals surface area contributed by atoms with E-state index in [1.54, 1.807) is 4.90 Å². The van der Waals surface area contributed by atoms with Gasteiger partial charge >= 0.3 is 5.97 Å². The number of hydrogen-bond acceptors (Lipinski definition) is 3. The van der Waals surface area contributed by atoms with E-state index in [4.69, 9.17) is 0 Å². The van der Waals surface area contributed by atoms with E-state index in [0.717, 1.165) is 19.4 Å². The van der Waals surface area contributed by atoms with Gasteiger partial charge in [-0.15, -0.1) is 0 Å². The molecule has 1 amide bonds. The molecule has 0 aromatic carbocycles. The first-order valence-electron chi connectivity index (χ1n) is 7.26. The highest BCUT2D eigenvalue weighted by Gasteiger charge is 2.47. The number of carboxylic acids is 1. The standard InChI is InChI=1S/C14H24N2O3/c1-3-5-14(13(18)19)6-8-16(9-14)12(17)11-4-7-15-10(11)2/h10-11,15H,3-9H2,1-2H3,(H,18,19). The molecule has 108 valence electrons. The average Bonchev–Trinajstić information content (AvgIpc) is 2.96. The highest BCUT2D eigenvalue weighted by molar-refractivity contribution is 5.83. The maximum absolute atomic E-state index is 12.5. The quantitative estimate of drug-likeness (QED) is 0.800. The minimum absolute atomic E-state index is 0.0196. The van der Waals surface area contributed by atoms with Crippen LogP contribution in [0.4, 0.5) is 0 Å². The van der Waals surface area contributed by atoms with E-state index in [1.807, 2.05) is 13.8 Å². The monoisotopic (exact) mass is 268 g/mol. The van der Waals surface area contributed by atoms with Crippen molar-refractivity contribution in [2.45, 2.75) is 45.6 Å². The van der Waals surface area contributed by atoms with Crippen LogP contribution in [0, 0.1) is 11.3 Å². The number of likely N-dealkylation sites (tertiary alicyclic amines) is 1. The second-order valence-electron chi connectivity index (χ2n) is 5.98. The first kappa shape index (κ1) is 14.3. The number of rotatable bonds is 4. The number of carbonyl (C=O) groups is 2. The zero-order valence-electron chi connectivity index (χ0n) is 11.8. The van der Waals surface area contributed by atoms with E-state index in [2.05, 4.69) is 5.32 Å². The van der Waals surface area contributed by atoms with Crippen molar-refractivity contribution in [1.29, 1.82) is 0 Å². The average molecular weight is 268 g/mol. The van der Waals surface area contributed by atoms with Gasteiger partial charge in [-0.25, -0.2) is 0 Å². The molecule has 2 aliphatic heterocycles. The van der Waals surface area contributed by atoms with E-state index < -0.39 is 11.4 Å². The summed E-state index contributed by atoms with van der Waals surface area (Å²) >= 11 is 0. The van der Waals surface area contributed by atoms with Gasteiger partial charge in [-0.05, 0) is 32.7 Å². The molecule has 2 saturated heterocycles. The predicted molar refractivity (Wildman–Crippen MR) is 71.7 cm³/mol. The van der Waals surface area contributed by atoms with Crippen molar-refractivity contribution in [3.05, 3.63) is 0 Å². The van der Waals surface area contributed by atoms with Crippen LogP contribution in [0.15, 0.2) is 0 Å². The number of carboxylic acid groups (broad SMARTS) is 1. The number of aliphatic carboxylic acids is 1. The van der Waals surface area contributed by atoms with Crippen molar-refractivity contribution in [2.24, 2.45) is 11.3 Å². The van der Waals surface area contributed by atoms with Crippen LogP contribution < -0.4 is 5.32 Å². The number of nitrogens with one attached hydrogen (secondary N) is 1. The number of nitrogens with zero attached hydrogens (tertiary/aromatic N) is 1. The maximum atomic E-state index is 12.5. The van der Waals surface area contributed by atoms with Crippen LogP contribution in [-0.2, 0) is 9.59 Å². The number of hydrogen-bond donors (Lipinski definition) is 2. The van der Waals surface area contributed by atoms with Gasteiger partial charge in [0.2, 0.25) is 5.91 Å². The zero-order chi connectivity index (χ0) is 14.0. The number of amides is 1. The van der Waals surface area contributed by atoms with Gasteiger partial charge in [-0.3, -0.25) is 9.59 Å². The van der Waals surface area contributed by atoms with E-state index in [9.17, 15) is 14.7 Å². The van der Waals surface area contributed by atoms with E-state index >= 15 is 0 Å². The lowest BCUT2D eigenvalue weighted by Gasteiger charge is -2.26. The highest BCUT2D eigenvalue weighted by atomic mass is 16.4. The largest absolute Gasteiger partial charge is 0.481 e. The molecule has 2 N–H and O–H groups in total. The van der Waals surface area contributed by atoms with Gasteiger partial charge in [0.05, 0.1) is 11.3 Å². The molecule has 0 spiro atoms. The van der Waals surface area contributed by atoms with Crippen molar-refractivity contribution in [2.75, 3.05) is 19.6 Å². The topological polar surface area (TPSA) is 69.6 Å². The molecule has 0 radical (unpaired) electrons. The SMILES string of the molecule is CCCC1(C(=O)O)CCN(C(=O)C2CCNC2C)C1. The molecule has 0 saturated carbocycles. The summed E-state index contributed by atoms with van der Waals surface area (Å²) < 4.78 is 0. The van der Waals surface area contributed by atoms with Gasteiger partial charge < -0.3 is 15.3 Å². The third-order valence-electron chi connectivity index (χ3n) is 4.69. The molecule has 19 heavy (non-hydrogen) atoms. The third kappa shape index (κ3) is 2.61. The van der Waals surface area contributed by atoms with Crippen LogP contribution in [0.1, 0.15) is 39.5 Å². The van der Waals surface area contributed by atoms with E-state index in [-0.39, 0.29) is 17.9 Å². The van der Waals surface area contributed by atoms with Crippen LogP contribution in [0.5, 0.6) is 0 Å². The minimum atomic E-state index is -0.748. The molecule has 0 aromatic heterocycles. The Morgan fingerprint density at radius 3 is 2.74 bits per heavy atom. The Morgan fingerprint density at radius 2 is 2.21 bits per heavy atom. The molecular formula is C14H24N2O3. The maximum Gasteiger partial charge on any atom is 0.311 e. The second kappa shape index (κ2) is 5.49. The molecule has 2 heterocycles. The second-order valence-corrected chi connectivity index (χ2v) is 5.98. The Bertz CT molecular complexity index is 372. The first-order valence-corrected chi connectivity index (χ1v) is 7.26. The zero-order valence-corrected chi connectivity index (χ0v) is 11.8. The molecule has 2 fully saturated rings. The summed E-state index contributed by atoms with van der Waals surface area (Å²) in [7, 11) is 0. The van der Waals surface area contributed by atoms with Gasteiger partial charge in [0.1, 0.15) is 0 Å². The molecule has 0 bridgehead atoms. The first-order chi connectivity index (χ1) is 9.00. The molecule has 2 aliphatic rings. The normalized spacial score (nSPS) is 34.7. The molecule has 3 atom stereocenters. The molecule has 5 nitrogen and oxygen atoms in total. The van der Waals surface area contributed by atoms with Crippen molar-refractivity contribution in [1.82, 2.24) is 10.2 Å². The van der Waals surface area contributed by atoms with Gasteiger partial charge in [0, 0.05) is 19.1 Å². The highest BCUT2D eigenvalue weighted by Crippen LogP contribution is 2.36. The van der Waals surface area contributed by atoms with Crippen molar-refractivity contribution in [3.8, 4) is 0 Å². The Balaban J connectivity index is 2.04. The van der Waals surface area contributed by atoms with Crippen LogP contribution in [0.3, 0.4) is 0 Å². The van der Waals surface area contributed by atoms with Crippen molar-refractivity contribution >= 4 is 11.9 Å². The lowest BCUT2D eigenvalue weighted by Crippen LogP contribution is -2.41. The smallest absolute Gasteiger partial charge is 0.311 e. The summed E-state index contributed by atoms with van der Waals surface area (Å²) in [6.07, 6.45) is 2.96. The van der Waals surface area contributed by atoms with Crippen molar-refractivity contribution < 1.29 is 14.7 Å². The summed E-state index contributed by atoms with van der Waals surface area (Å²) in [5, 5.41) is 12.7. The fourth-order valence-corrected chi connectivity index (χ4v) is 3.46. The van der Waals surface area contributed by atoms with Crippen molar-refractivity contribution in [3.63, 3.8) is 0 Å². The van der Waals surface area contributed by atoms with Crippen LogP contribution in [0.2, 0.25) is 0 Å². The lowest BCUT2D eigenvalue weighted by molar-refractivity contribution is -0.149. The summed E-state index contributed by atoms with van der Waals surface area (Å²) in [5.74, 6) is -0.592. The predicted octanol–water partition coefficient (Wildman–Crippen LogP) is 1.09. The van der Waals surface area contributed by atoms with Crippen LogP contribution >= 0.6 is 0 Å². The lowest BCUT2D eigenvalue weighted by atomic mass is 9.82. The molecule has 0 aliphatic carbocycles. The van der Waals surface area contributed by atoms with Gasteiger partial charge in [0.25, 0.3) is 0 Å². The summed E-state index contributed by atoms with van der Waals surface area (Å²) in [6, 6.07) is 0.207. The number of carbonyl (C=O) groups excluding carboxylic acids is 1. The Morgan fingerprint density at radius 1 is 1.47 bits per heavy atom. The van der Waals surface area contributed by atoms with Gasteiger partial charge in [-0.2, -0.15) is 0 Å². The summed E-state index contributed by atoms with van der Waals surface area (Å²) in [5.41, 5.74) is -0.709. The molecule has 5 heteroatoms. The molecule has 0 aromatic rings. The summed E-state index contributed by atoms with van der Waals surface area (Å²) in [6.45, 7) is 5.89. The minimum Gasteiger partial charge on any atom is -0.481 e. The fourth-order valence-electron chi connectivity index (χ4n) is 3.46. The van der Waals surface area contributed by atoms with Crippen LogP contribution in [-0.4, -0.2) is 47.6 Å². The van der Waals surface area contributed by atoms with E-state index in [0.29, 0.717) is 25.9 Å². The molecular weight excluding hydrogens is 244 g/mol. The van der Waals surface area contributed by atoms with E-state index in [1.165, 1.54) is 0 Å². The van der Waals surface area contributed by atoms with Gasteiger partial charge in [0.15, 0.2) is 0 Å². The Hall–Kier alpha value is -1.10. The Kier molecular flexibility index (Phi) is 4.13. The van der Waals surface area contributed by atoms with Crippen LogP contribution in [0.25, 0.3) is 0 Å². The third-order valence-corrected chi connectivity index (χ3v) is 4.69.